The Hall–Kier alpha value is -1.91. The Morgan fingerprint density at radius 1 is 1.12 bits per heavy atom. The molecule has 2 aromatic rings. The molecule has 1 heterocycles. The topological polar surface area (TPSA) is 110 Å². The van der Waals surface area contributed by atoms with Gasteiger partial charge in [-0.25, -0.2) is 21.6 Å². The monoisotopic (exact) mass is 387 g/mol. The third kappa shape index (κ3) is 4.39. The van der Waals surface area contributed by atoms with Crippen LogP contribution in [0.25, 0.3) is 0 Å². The zero-order chi connectivity index (χ0) is 18.8. The van der Waals surface area contributed by atoms with E-state index >= 15 is 0 Å². The Morgan fingerprint density at radius 2 is 1.76 bits per heavy atom. The van der Waals surface area contributed by atoms with E-state index in [1.165, 1.54) is 18.2 Å². The first-order valence-corrected chi connectivity index (χ1v) is 10.8. The molecule has 0 aliphatic carbocycles. The fraction of sp³-hybridized carbons (Fsp3) is 0.400. The molecule has 0 amide bonds. The summed E-state index contributed by atoms with van der Waals surface area (Å²) in [5.41, 5.74) is 1.55. The second-order valence-corrected chi connectivity index (χ2v) is 9.28. The van der Waals surface area contributed by atoms with E-state index in [-0.39, 0.29) is 29.4 Å². The summed E-state index contributed by atoms with van der Waals surface area (Å²) in [4.78, 5) is -0.0192. The number of para-hydroxylation sites is 1. The lowest BCUT2D eigenvalue weighted by Gasteiger charge is -2.24. The molecule has 0 fully saturated rings. The normalized spacial score (nSPS) is 12.3. The number of nitrogens with one attached hydrogen (secondary N) is 1. The summed E-state index contributed by atoms with van der Waals surface area (Å²) in [6.07, 6.45) is 1.09. The highest BCUT2D eigenvalue weighted by molar-refractivity contribution is 7.92. The summed E-state index contributed by atoms with van der Waals surface area (Å²) >= 11 is 0. The molecule has 0 bridgehead atoms. The van der Waals surface area contributed by atoms with Crippen molar-refractivity contribution < 1.29 is 21.4 Å². The highest BCUT2D eigenvalue weighted by Gasteiger charge is 2.25. The minimum Gasteiger partial charge on any atom is -0.360 e. The number of aromatic nitrogens is 1. The zero-order valence-corrected chi connectivity index (χ0v) is 16.1. The standard InChI is InChI=1S/C15H21N3O5S2/c1-11-7-5-6-8-14(11)18(24(4,19)20)10-9-16-25(21,22)15-12(2)17-23-13(15)3/h5-8,16H,9-10H2,1-4H3. The van der Waals surface area contributed by atoms with Crippen LogP contribution in [-0.4, -0.2) is 41.3 Å². The van der Waals surface area contributed by atoms with Crippen LogP contribution in [0.4, 0.5) is 5.69 Å². The number of aryl methyl sites for hydroxylation is 3. The van der Waals surface area contributed by atoms with Crippen molar-refractivity contribution in [3.8, 4) is 0 Å². The van der Waals surface area contributed by atoms with E-state index in [9.17, 15) is 16.8 Å². The molecule has 0 aliphatic heterocycles. The summed E-state index contributed by atoms with van der Waals surface area (Å²) in [5.74, 6) is 0.184. The maximum absolute atomic E-state index is 12.4. The Morgan fingerprint density at radius 3 is 2.28 bits per heavy atom. The predicted octanol–water partition coefficient (Wildman–Crippen LogP) is 1.34. The van der Waals surface area contributed by atoms with Crippen LogP contribution in [0.3, 0.4) is 0 Å². The largest absolute Gasteiger partial charge is 0.360 e. The fourth-order valence-corrected chi connectivity index (χ4v) is 4.85. The molecule has 10 heteroatoms. The molecule has 0 spiro atoms. The summed E-state index contributed by atoms with van der Waals surface area (Å²) in [6.45, 7) is 4.70. The van der Waals surface area contributed by atoms with Gasteiger partial charge in [0.1, 0.15) is 10.6 Å². The van der Waals surface area contributed by atoms with Crippen LogP contribution in [0.15, 0.2) is 33.7 Å². The van der Waals surface area contributed by atoms with Crippen molar-refractivity contribution in [2.75, 3.05) is 23.7 Å². The van der Waals surface area contributed by atoms with Gasteiger partial charge in [0.15, 0.2) is 5.76 Å². The molecular weight excluding hydrogens is 366 g/mol. The van der Waals surface area contributed by atoms with Crippen LogP contribution in [0.1, 0.15) is 17.0 Å². The van der Waals surface area contributed by atoms with Gasteiger partial charge in [-0.2, -0.15) is 0 Å². The van der Waals surface area contributed by atoms with Crippen LogP contribution >= 0.6 is 0 Å². The Labute approximate surface area is 147 Å². The third-order valence-corrected chi connectivity index (χ3v) is 6.51. The Bertz CT molecular complexity index is 945. The lowest BCUT2D eigenvalue weighted by atomic mass is 10.2. The highest BCUT2D eigenvalue weighted by Crippen LogP contribution is 2.22. The summed E-state index contributed by atoms with van der Waals surface area (Å²) in [7, 11) is -7.40. The Kier molecular flexibility index (Phi) is 5.55. The molecule has 25 heavy (non-hydrogen) atoms. The van der Waals surface area contributed by atoms with Crippen LogP contribution in [0.2, 0.25) is 0 Å². The van der Waals surface area contributed by atoms with Gasteiger partial charge in [-0.3, -0.25) is 4.31 Å². The van der Waals surface area contributed by atoms with Crippen LogP contribution in [0.5, 0.6) is 0 Å². The van der Waals surface area contributed by atoms with E-state index in [1.54, 1.807) is 31.2 Å². The van der Waals surface area contributed by atoms with E-state index in [2.05, 4.69) is 9.88 Å². The van der Waals surface area contributed by atoms with E-state index in [0.29, 0.717) is 5.69 Å². The third-order valence-electron chi connectivity index (χ3n) is 3.63. The predicted molar refractivity (Wildman–Crippen MR) is 94.5 cm³/mol. The van der Waals surface area contributed by atoms with Gasteiger partial charge < -0.3 is 4.52 Å². The van der Waals surface area contributed by atoms with Crippen molar-refractivity contribution in [1.82, 2.24) is 9.88 Å². The summed E-state index contributed by atoms with van der Waals surface area (Å²) < 4.78 is 57.4. The molecule has 0 radical (unpaired) electrons. The fourth-order valence-electron chi connectivity index (χ4n) is 2.52. The first-order valence-electron chi connectivity index (χ1n) is 7.50. The zero-order valence-electron chi connectivity index (χ0n) is 14.5. The number of nitrogens with zero attached hydrogens (tertiary/aromatic N) is 2. The number of benzene rings is 1. The van der Waals surface area contributed by atoms with Gasteiger partial charge in [-0.1, -0.05) is 23.4 Å². The van der Waals surface area contributed by atoms with Gasteiger partial charge >= 0.3 is 0 Å². The lowest BCUT2D eigenvalue weighted by molar-refractivity contribution is 0.390. The first kappa shape index (κ1) is 19.4. The summed E-state index contributed by atoms with van der Waals surface area (Å²) in [6, 6.07) is 7.01. The first-order chi connectivity index (χ1) is 11.5. The van der Waals surface area contributed by atoms with Crippen molar-refractivity contribution in [1.29, 1.82) is 0 Å². The molecule has 0 saturated carbocycles. The quantitative estimate of drug-likeness (QED) is 0.768. The maximum Gasteiger partial charge on any atom is 0.246 e. The number of rotatable bonds is 7. The van der Waals surface area contributed by atoms with Crippen molar-refractivity contribution >= 4 is 25.7 Å². The molecule has 0 saturated heterocycles. The van der Waals surface area contributed by atoms with E-state index < -0.39 is 20.0 Å². The minimum absolute atomic E-state index is 0.0192. The van der Waals surface area contributed by atoms with E-state index in [4.69, 9.17) is 4.52 Å². The number of sulfonamides is 2. The number of anilines is 1. The molecule has 1 N–H and O–H groups in total. The highest BCUT2D eigenvalue weighted by atomic mass is 32.2. The Balaban J connectivity index is 2.19. The molecule has 2 rings (SSSR count). The lowest BCUT2D eigenvalue weighted by Crippen LogP contribution is -2.38. The molecule has 0 unspecified atom stereocenters. The number of hydrogen-bond acceptors (Lipinski definition) is 6. The van der Waals surface area contributed by atoms with E-state index in [1.807, 2.05) is 0 Å². The molecule has 138 valence electrons. The van der Waals surface area contributed by atoms with Gasteiger partial charge in [0.2, 0.25) is 20.0 Å². The summed E-state index contributed by atoms with van der Waals surface area (Å²) in [5, 5.41) is 3.62. The average molecular weight is 387 g/mol. The molecule has 0 aliphatic rings. The van der Waals surface area contributed by atoms with Crippen molar-refractivity contribution in [3.63, 3.8) is 0 Å². The van der Waals surface area contributed by atoms with Crippen molar-refractivity contribution in [2.24, 2.45) is 0 Å². The molecule has 8 nitrogen and oxygen atoms in total. The van der Waals surface area contributed by atoms with Crippen molar-refractivity contribution in [3.05, 3.63) is 41.3 Å². The van der Waals surface area contributed by atoms with Gasteiger partial charge in [0.25, 0.3) is 0 Å². The van der Waals surface area contributed by atoms with Crippen molar-refractivity contribution in [2.45, 2.75) is 25.7 Å². The maximum atomic E-state index is 12.4. The van der Waals surface area contributed by atoms with Crippen LogP contribution < -0.4 is 9.03 Å². The van der Waals surface area contributed by atoms with Crippen LogP contribution in [0, 0.1) is 20.8 Å². The average Bonchev–Trinajstić information content (AvgIpc) is 2.83. The van der Waals surface area contributed by atoms with Gasteiger partial charge in [-0.05, 0) is 32.4 Å². The second kappa shape index (κ2) is 7.14. The van der Waals surface area contributed by atoms with Gasteiger partial charge in [0, 0.05) is 13.1 Å². The van der Waals surface area contributed by atoms with Crippen LogP contribution in [-0.2, 0) is 20.0 Å². The smallest absolute Gasteiger partial charge is 0.246 e. The SMILES string of the molecule is Cc1ccccc1N(CCNS(=O)(=O)c1c(C)noc1C)S(C)(=O)=O. The van der Waals surface area contributed by atoms with Gasteiger partial charge in [0.05, 0.1) is 11.9 Å². The molecule has 1 aromatic heterocycles. The minimum atomic E-state index is -3.84. The number of hydrogen-bond donors (Lipinski definition) is 1. The molecule has 1 aromatic carbocycles. The van der Waals surface area contributed by atoms with Gasteiger partial charge in [-0.15, -0.1) is 0 Å². The molecular formula is C15H21N3O5S2. The second-order valence-electron chi connectivity index (χ2n) is 5.67. The molecule has 0 atom stereocenters. The van der Waals surface area contributed by atoms with E-state index in [0.717, 1.165) is 11.8 Å².